The average molecular weight is 401 g/mol. The lowest BCUT2D eigenvalue weighted by molar-refractivity contribution is 0.315. The second kappa shape index (κ2) is 8.01. The second-order valence-electron chi connectivity index (χ2n) is 6.63. The molecule has 0 spiro atoms. The minimum absolute atomic E-state index is 0. The molecule has 1 saturated carbocycles. The van der Waals surface area contributed by atoms with Gasteiger partial charge >= 0.3 is 0 Å². The Labute approximate surface area is 145 Å². The first kappa shape index (κ1) is 18.3. The maximum Gasteiger partial charge on any atom is 0.188 e. The highest BCUT2D eigenvalue weighted by molar-refractivity contribution is 14.0. The van der Waals surface area contributed by atoms with Crippen LogP contribution in [-0.4, -0.2) is 19.0 Å². The van der Waals surface area contributed by atoms with Gasteiger partial charge in [0, 0.05) is 12.0 Å². The van der Waals surface area contributed by atoms with Gasteiger partial charge in [0.1, 0.15) is 0 Å². The number of nitrogens with two attached hydrogens (primary N) is 1. The molecular formula is C17H28IN3. The minimum Gasteiger partial charge on any atom is -0.370 e. The lowest BCUT2D eigenvalue weighted by atomic mass is 9.84. The molecule has 118 valence electrons. The zero-order chi connectivity index (χ0) is 14.6. The molecule has 0 aromatic heterocycles. The number of aryl methyl sites for hydroxylation is 1. The topological polar surface area (TPSA) is 50.4 Å². The van der Waals surface area contributed by atoms with E-state index >= 15 is 0 Å². The van der Waals surface area contributed by atoms with E-state index in [1.54, 1.807) is 0 Å². The Morgan fingerprint density at radius 2 is 2.10 bits per heavy atom. The van der Waals surface area contributed by atoms with E-state index in [2.05, 4.69) is 55.3 Å². The van der Waals surface area contributed by atoms with Crippen LogP contribution in [0.5, 0.6) is 0 Å². The molecule has 1 fully saturated rings. The van der Waals surface area contributed by atoms with Crippen LogP contribution in [0.2, 0.25) is 0 Å². The van der Waals surface area contributed by atoms with Crippen molar-refractivity contribution in [2.45, 2.75) is 45.4 Å². The van der Waals surface area contributed by atoms with Crippen LogP contribution < -0.4 is 11.1 Å². The van der Waals surface area contributed by atoms with Crippen molar-refractivity contribution in [3.05, 3.63) is 35.4 Å². The zero-order valence-corrected chi connectivity index (χ0v) is 15.7. The molecule has 1 aliphatic carbocycles. The van der Waals surface area contributed by atoms with Crippen LogP contribution in [0.25, 0.3) is 0 Å². The predicted molar refractivity (Wildman–Crippen MR) is 101 cm³/mol. The van der Waals surface area contributed by atoms with Crippen molar-refractivity contribution in [3.8, 4) is 0 Å². The van der Waals surface area contributed by atoms with Crippen LogP contribution in [-0.2, 0) is 5.41 Å². The summed E-state index contributed by atoms with van der Waals surface area (Å²) in [6, 6.07) is 8.62. The summed E-state index contributed by atoms with van der Waals surface area (Å²) < 4.78 is 0. The summed E-state index contributed by atoms with van der Waals surface area (Å²) in [6.07, 6.45) is 4.02. The normalized spacial score (nSPS) is 16.0. The van der Waals surface area contributed by atoms with E-state index < -0.39 is 0 Å². The van der Waals surface area contributed by atoms with Gasteiger partial charge in [-0.05, 0) is 31.2 Å². The Morgan fingerprint density at radius 1 is 1.38 bits per heavy atom. The number of rotatable bonds is 5. The van der Waals surface area contributed by atoms with E-state index in [1.807, 2.05) is 0 Å². The first-order chi connectivity index (χ1) is 9.47. The van der Waals surface area contributed by atoms with Crippen LogP contribution >= 0.6 is 24.0 Å². The van der Waals surface area contributed by atoms with Gasteiger partial charge in [-0.15, -0.1) is 24.0 Å². The third-order valence-electron chi connectivity index (χ3n) is 4.24. The fraction of sp³-hybridized carbons (Fsp3) is 0.588. The number of nitrogens with zero attached hydrogens (tertiary/aromatic N) is 1. The van der Waals surface area contributed by atoms with Crippen LogP contribution in [0.1, 0.15) is 44.2 Å². The van der Waals surface area contributed by atoms with Gasteiger partial charge in [-0.25, -0.2) is 0 Å². The largest absolute Gasteiger partial charge is 0.370 e. The highest BCUT2D eigenvalue weighted by Crippen LogP contribution is 2.25. The number of nitrogens with one attached hydrogen (secondary N) is 1. The minimum atomic E-state index is 0. The fourth-order valence-corrected chi connectivity index (χ4v) is 2.44. The van der Waals surface area contributed by atoms with Crippen molar-refractivity contribution in [1.29, 1.82) is 0 Å². The molecule has 3 nitrogen and oxygen atoms in total. The Balaban J connectivity index is 0.00000220. The lowest BCUT2D eigenvalue weighted by Crippen LogP contribution is -2.38. The van der Waals surface area contributed by atoms with Gasteiger partial charge in [-0.3, -0.25) is 4.99 Å². The number of aliphatic imine (C=N–C) groups is 1. The molecule has 1 aromatic carbocycles. The molecule has 0 bridgehead atoms. The highest BCUT2D eigenvalue weighted by atomic mass is 127. The van der Waals surface area contributed by atoms with Gasteiger partial charge in [0.15, 0.2) is 5.96 Å². The van der Waals surface area contributed by atoms with E-state index in [0.717, 1.165) is 12.5 Å². The number of hydrogen-bond acceptors (Lipinski definition) is 1. The Hall–Kier alpha value is -0.780. The first-order valence-electron chi connectivity index (χ1n) is 7.58. The molecule has 21 heavy (non-hydrogen) atoms. The highest BCUT2D eigenvalue weighted by Gasteiger charge is 2.21. The summed E-state index contributed by atoms with van der Waals surface area (Å²) in [4.78, 5) is 4.52. The van der Waals surface area contributed by atoms with Crippen molar-refractivity contribution in [3.63, 3.8) is 0 Å². The molecular weight excluding hydrogens is 373 g/mol. The van der Waals surface area contributed by atoms with Crippen LogP contribution in [0.15, 0.2) is 29.3 Å². The van der Waals surface area contributed by atoms with Crippen LogP contribution in [0, 0.1) is 12.8 Å². The maximum absolute atomic E-state index is 5.95. The van der Waals surface area contributed by atoms with Crippen LogP contribution in [0.4, 0.5) is 0 Å². The zero-order valence-electron chi connectivity index (χ0n) is 13.4. The van der Waals surface area contributed by atoms with Gasteiger partial charge in [-0.2, -0.15) is 0 Å². The van der Waals surface area contributed by atoms with Crippen molar-refractivity contribution < 1.29 is 0 Å². The Kier molecular flexibility index (Phi) is 6.97. The van der Waals surface area contributed by atoms with Crippen molar-refractivity contribution in [1.82, 2.24) is 5.32 Å². The molecule has 2 rings (SSSR count). The monoisotopic (exact) mass is 401 g/mol. The van der Waals surface area contributed by atoms with Crippen molar-refractivity contribution in [2.24, 2.45) is 16.6 Å². The SMILES string of the molecule is Cc1cccc(C(C)(C)CN=C(N)NCC2CCC2)c1.I. The summed E-state index contributed by atoms with van der Waals surface area (Å²) in [5.41, 5.74) is 8.56. The van der Waals surface area contributed by atoms with E-state index in [-0.39, 0.29) is 29.4 Å². The molecule has 0 amide bonds. The summed E-state index contributed by atoms with van der Waals surface area (Å²) >= 11 is 0. The number of benzene rings is 1. The van der Waals surface area contributed by atoms with E-state index in [9.17, 15) is 0 Å². The van der Waals surface area contributed by atoms with Crippen molar-refractivity contribution in [2.75, 3.05) is 13.1 Å². The lowest BCUT2D eigenvalue weighted by Gasteiger charge is -2.26. The molecule has 0 unspecified atom stereocenters. The molecule has 0 radical (unpaired) electrons. The Bertz CT molecular complexity index is 479. The maximum atomic E-state index is 5.95. The van der Waals surface area contributed by atoms with Gasteiger partial charge in [0.25, 0.3) is 0 Å². The molecule has 1 aromatic rings. The van der Waals surface area contributed by atoms with E-state index in [4.69, 9.17) is 5.73 Å². The van der Waals surface area contributed by atoms with Crippen LogP contribution in [0.3, 0.4) is 0 Å². The van der Waals surface area contributed by atoms with Gasteiger partial charge in [0.05, 0.1) is 6.54 Å². The summed E-state index contributed by atoms with van der Waals surface area (Å²) in [5.74, 6) is 1.38. The van der Waals surface area contributed by atoms with Gasteiger partial charge in [-0.1, -0.05) is 50.1 Å². The standard InChI is InChI=1S/C17H27N3.HI/c1-13-6-4-9-15(10-13)17(2,3)12-20-16(18)19-11-14-7-5-8-14;/h4,6,9-10,14H,5,7-8,11-12H2,1-3H3,(H3,18,19,20);1H. The van der Waals surface area contributed by atoms with E-state index in [0.29, 0.717) is 12.5 Å². The third kappa shape index (κ3) is 5.49. The number of hydrogen-bond donors (Lipinski definition) is 2. The smallest absolute Gasteiger partial charge is 0.188 e. The molecule has 3 N–H and O–H groups in total. The predicted octanol–water partition coefficient (Wildman–Crippen LogP) is 3.60. The molecule has 1 aliphatic rings. The average Bonchev–Trinajstić information content (AvgIpc) is 2.35. The fourth-order valence-electron chi connectivity index (χ4n) is 2.44. The van der Waals surface area contributed by atoms with Crippen molar-refractivity contribution >= 4 is 29.9 Å². The number of guanidine groups is 1. The molecule has 0 saturated heterocycles. The van der Waals surface area contributed by atoms with Gasteiger partial charge in [0.2, 0.25) is 0 Å². The summed E-state index contributed by atoms with van der Waals surface area (Å²) in [6.45, 7) is 8.23. The number of halogens is 1. The third-order valence-corrected chi connectivity index (χ3v) is 4.24. The molecule has 4 heteroatoms. The first-order valence-corrected chi connectivity index (χ1v) is 7.58. The molecule has 0 heterocycles. The van der Waals surface area contributed by atoms with Gasteiger partial charge < -0.3 is 11.1 Å². The molecule has 0 atom stereocenters. The second-order valence-corrected chi connectivity index (χ2v) is 6.63. The quantitative estimate of drug-likeness (QED) is 0.450. The molecule has 0 aliphatic heterocycles. The summed E-state index contributed by atoms with van der Waals surface area (Å²) in [5, 5.41) is 3.25. The summed E-state index contributed by atoms with van der Waals surface area (Å²) in [7, 11) is 0. The Morgan fingerprint density at radius 3 is 2.67 bits per heavy atom. The van der Waals surface area contributed by atoms with E-state index in [1.165, 1.54) is 30.4 Å².